The zero-order valence-electron chi connectivity index (χ0n) is 14.6. The van der Waals surface area contributed by atoms with Crippen LogP contribution in [0.1, 0.15) is 21.0 Å². The molecule has 29 heavy (non-hydrogen) atoms. The number of pyridine rings is 2. The number of carboxylic acid groups (broad SMARTS) is 2. The Morgan fingerprint density at radius 3 is 1.38 bits per heavy atom. The Labute approximate surface area is 174 Å². The molecule has 1 radical (unpaired) electrons. The van der Waals surface area contributed by atoms with Gasteiger partial charge >= 0.3 is 17.1 Å². The predicted molar refractivity (Wildman–Crippen MR) is 95.5 cm³/mol. The van der Waals surface area contributed by atoms with Crippen molar-refractivity contribution in [2.75, 3.05) is 0 Å². The number of phenols is 2. The second-order valence-corrected chi connectivity index (χ2v) is 5.67. The first-order valence-corrected chi connectivity index (χ1v) is 7.97. The number of carbonyl (C=O) groups is 2. The number of hydrogen-bond acceptors (Lipinski definition) is 8. The minimum atomic E-state index is -1.35. The summed E-state index contributed by atoms with van der Waals surface area (Å²) in [6.45, 7) is 0. The van der Waals surface area contributed by atoms with Crippen LogP contribution in [0, 0.1) is 0 Å². The summed E-state index contributed by atoms with van der Waals surface area (Å²) in [4.78, 5) is 28.5. The number of fused-ring (bicyclic) bond motifs is 2. The molecular formula is C20H12MnN2O6. The van der Waals surface area contributed by atoms with E-state index < -0.39 is 11.9 Å². The van der Waals surface area contributed by atoms with Gasteiger partial charge < -0.3 is 30.0 Å². The molecule has 4 rings (SSSR count). The van der Waals surface area contributed by atoms with E-state index >= 15 is 0 Å². The molecule has 4 aromatic rings. The van der Waals surface area contributed by atoms with Crippen molar-refractivity contribution in [3.05, 3.63) is 72.1 Å². The van der Waals surface area contributed by atoms with E-state index in [2.05, 4.69) is 9.97 Å². The molecule has 9 heteroatoms. The Kier molecular flexibility index (Phi) is 6.71. The number of rotatable bonds is 2. The second-order valence-electron chi connectivity index (χ2n) is 5.67. The Bertz CT molecular complexity index is 1120. The third kappa shape index (κ3) is 4.78. The standard InChI is InChI=1S/2C10H7NO3.Mn/c2*12-8-3-1-2-6-4-5-7(10(13)14)11-9(6)8;/h2*1-5,12H,(H,13,14);/q;;+2/p-2. The van der Waals surface area contributed by atoms with Gasteiger partial charge in [-0.3, -0.25) is 0 Å². The van der Waals surface area contributed by atoms with Crippen LogP contribution < -0.4 is 10.2 Å². The molecule has 0 saturated carbocycles. The average Bonchev–Trinajstić information content (AvgIpc) is 2.68. The Morgan fingerprint density at radius 1 is 0.655 bits per heavy atom. The number of carbonyl (C=O) groups excluding carboxylic acids is 2. The van der Waals surface area contributed by atoms with E-state index in [1.165, 1.54) is 24.3 Å². The van der Waals surface area contributed by atoms with Crippen LogP contribution >= 0.6 is 0 Å². The van der Waals surface area contributed by atoms with Crippen molar-refractivity contribution in [2.24, 2.45) is 0 Å². The van der Waals surface area contributed by atoms with Gasteiger partial charge in [0.2, 0.25) is 0 Å². The van der Waals surface area contributed by atoms with Crippen molar-refractivity contribution in [1.82, 2.24) is 9.97 Å². The normalized spacial score (nSPS) is 9.93. The summed E-state index contributed by atoms with van der Waals surface area (Å²) < 4.78 is 0. The summed E-state index contributed by atoms with van der Waals surface area (Å²) in [6.07, 6.45) is 0. The van der Waals surface area contributed by atoms with E-state index in [0.717, 1.165) is 0 Å². The molecule has 0 aliphatic rings. The number of carboxylic acids is 2. The van der Waals surface area contributed by atoms with Crippen LogP contribution in [-0.4, -0.2) is 32.1 Å². The molecule has 0 amide bonds. The van der Waals surface area contributed by atoms with Crippen LogP contribution in [0.4, 0.5) is 0 Å². The summed E-state index contributed by atoms with van der Waals surface area (Å²) in [7, 11) is 0. The molecule has 0 spiro atoms. The molecule has 2 aromatic carbocycles. The van der Waals surface area contributed by atoms with Crippen molar-refractivity contribution in [3.63, 3.8) is 0 Å². The van der Waals surface area contributed by atoms with E-state index in [0.29, 0.717) is 10.8 Å². The molecule has 2 aromatic heterocycles. The van der Waals surface area contributed by atoms with Crippen LogP contribution in [-0.2, 0) is 17.1 Å². The van der Waals surface area contributed by atoms with Gasteiger partial charge in [-0.2, -0.15) is 0 Å². The van der Waals surface area contributed by atoms with E-state index in [9.17, 15) is 30.0 Å². The first kappa shape index (κ1) is 21.6. The topological polar surface area (TPSA) is 146 Å². The van der Waals surface area contributed by atoms with Gasteiger partial charge in [-0.05, 0) is 24.3 Å². The smallest absolute Gasteiger partial charge is 0.543 e. The monoisotopic (exact) mass is 431 g/mol. The SMILES string of the molecule is O=C([O-])c1ccc2cccc(O)c2n1.O=C([O-])c1ccc2cccc(O)c2n1.[Mn+2]. The predicted octanol–water partition coefficient (Wildman–Crippen LogP) is 0.605. The maximum absolute atomic E-state index is 10.5. The summed E-state index contributed by atoms with van der Waals surface area (Å²) >= 11 is 0. The van der Waals surface area contributed by atoms with Crippen molar-refractivity contribution >= 4 is 33.7 Å². The first-order chi connectivity index (χ1) is 13.4. The number of hydrogen-bond donors (Lipinski definition) is 2. The molecule has 0 saturated heterocycles. The molecule has 0 unspecified atom stereocenters. The Balaban J connectivity index is 0.000000200. The van der Waals surface area contributed by atoms with Gasteiger partial charge in [0.05, 0.1) is 23.3 Å². The molecule has 0 bridgehead atoms. The zero-order chi connectivity index (χ0) is 20.3. The third-order valence-electron chi connectivity index (χ3n) is 3.82. The van der Waals surface area contributed by atoms with Gasteiger partial charge in [0, 0.05) is 10.8 Å². The number of phenolic OH excluding ortho intramolecular Hbond substituents is 2. The minimum absolute atomic E-state index is 0. The molecular weight excluding hydrogens is 419 g/mol. The van der Waals surface area contributed by atoms with Crippen LogP contribution in [0.15, 0.2) is 60.7 Å². The van der Waals surface area contributed by atoms with Crippen molar-refractivity contribution in [1.29, 1.82) is 0 Å². The molecule has 2 N–H and O–H groups in total. The van der Waals surface area contributed by atoms with Crippen LogP contribution in [0.5, 0.6) is 11.5 Å². The van der Waals surface area contributed by atoms with Gasteiger partial charge in [-0.1, -0.05) is 36.4 Å². The first-order valence-electron chi connectivity index (χ1n) is 7.97. The van der Waals surface area contributed by atoms with E-state index in [1.54, 1.807) is 36.4 Å². The fourth-order valence-electron chi connectivity index (χ4n) is 2.49. The summed E-state index contributed by atoms with van der Waals surface area (Å²) in [6, 6.07) is 15.6. The second kappa shape index (κ2) is 9.01. The van der Waals surface area contributed by atoms with Gasteiger partial charge in [0.15, 0.2) is 0 Å². The quantitative estimate of drug-likeness (QED) is 0.439. The van der Waals surface area contributed by atoms with Crippen molar-refractivity contribution in [2.45, 2.75) is 0 Å². The fraction of sp³-hybridized carbons (Fsp3) is 0. The van der Waals surface area contributed by atoms with Gasteiger partial charge in [0.25, 0.3) is 0 Å². The fourth-order valence-corrected chi connectivity index (χ4v) is 2.49. The van der Waals surface area contributed by atoms with Gasteiger partial charge in [-0.25, -0.2) is 9.97 Å². The maximum atomic E-state index is 10.5. The van der Waals surface area contributed by atoms with Crippen LogP contribution in [0.3, 0.4) is 0 Å². The Morgan fingerprint density at radius 2 is 1.03 bits per heavy atom. The van der Waals surface area contributed by atoms with Gasteiger partial charge in [0.1, 0.15) is 22.5 Å². The van der Waals surface area contributed by atoms with Crippen LogP contribution in [0.25, 0.3) is 21.8 Å². The van der Waals surface area contributed by atoms with Crippen molar-refractivity contribution in [3.8, 4) is 11.5 Å². The zero-order valence-corrected chi connectivity index (χ0v) is 15.8. The largest absolute Gasteiger partial charge is 2.00 e. The average molecular weight is 431 g/mol. The number of benzene rings is 2. The summed E-state index contributed by atoms with van der Waals surface area (Å²) in [5.74, 6) is -2.78. The number of aromatic carboxylic acids is 2. The minimum Gasteiger partial charge on any atom is -0.543 e. The van der Waals surface area contributed by atoms with Crippen molar-refractivity contribution < 1.29 is 47.1 Å². The molecule has 8 nitrogen and oxygen atoms in total. The van der Waals surface area contributed by atoms with E-state index in [-0.39, 0.29) is 51.0 Å². The third-order valence-corrected chi connectivity index (χ3v) is 3.82. The summed E-state index contributed by atoms with van der Waals surface area (Å²) in [5.41, 5.74) is 0.182. The Hall–Kier alpha value is -3.68. The number of aromatic nitrogens is 2. The van der Waals surface area contributed by atoms with Gasteiger partial charge in [-0.15, -0.1) is 0 Å². The number of aromatic hydroxyl groups is 2. The molecule has 0 aliphatic heterocycles. The summed E-state index contributed by atoms with van der Waals surface area (Å²) in [5, 5.41) is 41.2. The van der Waals surface area contributed by atoms with Crippen LogP contribution in [0.2, 0.25) is 0 Å². The molecule has 0 fully saturated rings. The van der Waals surface area contributed by atoms with E-state index in [4.69, 9.17) is 0 Å². The van der Waals surface area contributed by atoms with E-state index in [1.807, 2.05) is 0 Å². The molecule has 2 heterocycles. The molecule has 145 valence electrons. The molecule has 0 atom stereocenters. The molecule has 0 aliphatic carbocycles. The number of para-hydroxylation sites is 2. The maximum Gasteiger partial charge on any atom is 2.00 e. The number of nitrogens with zero attached hydrogens (tertiary/aromatic N) is 2.